The van der Waals surface area contributed by atoms with Crippen molar-refractivity contribution in [3.05, 3.63) is 47.2 Å². The van der Waals surface area contributed by atoms with Crippen molar-refractivity contribution in [1.82, 2.24) is 5.32 Å². The van der Waals surface area contributed by atoms with Gasteiger partial charge in [-0.1, -0.05) is 114 Å². The molecule has 0 fully saturated rings. The van der Waals surface area contributed by atoms with Gasteiger partial charge in [0.25, 0.3) is 0 Å². The lowest BCUT2D eigenvalue weighted by Crippen LogP contribution is -2.16. The lowest BCUT2D eigenvalue weighted by molar-refractivity contribution is 0.590. The molecule has 0 heterocycles. The summed E-state index contributed by atoms with van der Waals surface area (Å²) in [6.45, 7) is 7.89. The Balaban J connectivity index is 2.77. The van der Waals surface area contributed by atoms with Crippen molar-refractivity contribution in [3.8, 4) is 0 Å². The Morgan fingerprint density at radius 3 is 1.61 bits per heavy atom. The van der Waals surface area contributed by atoms with Crippen LogP contribution >= 0.6 is 0 Å². The van der Waals surface area contributed by atoms with Gasteiger partial charge in [0.15, 0.2) is 0 Å². The molecule has 1 rings (SSSR count). The zero-order valence-corrected chi connectivity index (χ0v) is 19.2. The second-order valence-electron chi connectivity index (χ2n) is 8.35. The first-order valence-electron chi connectivity index (χ1n) is 12.3. The Kier molecular flexibility index (Phi) is 15.8. The molecule has 0 aliphatic carbocycles. The third kappa shape index (κ3) is 12.3. The lowest BCUT2D eigenvalue weighted by atomic mass is 9.96. The van der Waals surface area contributed by atoms with Gasteiger partial charge in [0.2, 0.25) is 0 Å². The van der Waals surface area contributed by atoms with Gasteiger partial charge in [-0.3, -0.25) is 0 Å². The van der Waals surface area contributed by atoms with Crippen LogP contribution in [0.25, 0.3) is 0 Å². The standard InChI is InChI=1S/C27H47N/c1-4-7-10-16-21-26(22-17-11-8-5-2)27(23-18-12-9-6-3)28-24-25-19-14-13-15-20-25/h13-15,19-20,28H,4-12,16-18,21-24H2,1-3H3. The largest absolute Gasteiger partial charge is 0.384 e. The van der Waals surface area contributed by atoms with Crippen LogP contribution in [0.1, 0.15) is 123 Å². The van der Waals surface area contributed by atoms with E-state index in [1.165, 1.54) is 102 Å². The second-order valence-corrected chi connectivity index (χ2v) is 8.35. The summed E-state index contributed by atoms with van der Waals surface area (Å²) in [4.78, 5) is 0. The Hall–Kier alpha value is -1.24. The number of hydrogen-bond acceptors (Lipinski definition) is 1. The number of allylic oxidation sites excluding steroid dienone is 2. The number of rotatable bonds is 18. The maximum atomic E-state index is 3.87. The molecule has 1 N–H and O–H groups in total. The highest BCUT2D eigenvalue weighted by molar-refractivity contribution is 5.18. The molecule has 0 saturated carbocycles. The van der Waals surface area contributed by atoms with E-state index in [9.17, 15) is 0 Å². The van der Waals surface area contributed by atoms with Gasteiger partial charge in [0, 0.05) is 12.2 Å². The third-order valence-corrected chi connectivity index (χ3v) is 5.72. The predicted molar refractivity (Wildman–Crippen MR) is 127 cm³/mol. The van der Waals surface area contributed by atoms with E-state index in [-0.39, 0.29) is 0 Å². The smallest absolute Gasteiger partial charge is 0.0397 e. The van der Waals surface area contributed by atoms with E-state index in [2.05, 4.69) is 56.4 Å². The van der Waals surface area contributed by atoms with Crippen molar-refractivity contribution < 1.29 is 0 Å². The van der Waals surface area contributed by atoms with Crippen molar-refractivity contribution in [1.29, 1.82) is 0 Å². The summed E-state index contributed by atoms with van der Waals surface area (Å²) in [5, 5.41) is 3.87. The molecule has 0 unspecified atom stereocenters. The molecule has 1 nitrogen and oxygen atoms in total. The fraction of sp³-hybridized carbons (Fsp3) is 0.704. The van der Waals surface area contributed by atoms with Gasteiger partial charge in [-0.2, -0.15) is 0 Å². The highest BCUT2D eigenvalue weighted by atomic mass is 14.9. The van der Waals surface area contributed by atoms with Crippen LogP contribution in [0.2, 0.25) is 0 Å². The summed E-state index contributed by atoms with van der Waals surface area (Å²) in [7, 11) is 0. The summed E-state index contributed by atoms with van der Waals surface area (Å²) in [5.41, 5.74) is 4.71. The maximum absolute atomic E-state index is 3.87. The SMILES string of the molecule is CCCCCCC(CCCCCC)=C(CCCCCC)NCc1ccccc1. The van der Waals surface area contributed by atoms with Crippen LogP contribution in [-0.4, -0.2) is 0 Å². The zero-order valence-electron chi connectivity index (χ0n) is 19.2. The molecule has 28 heavy (non-hydrogen) atoms. The molecule has 1 aromatic carbocycles. The van der Waals surface area contributed by atoms with Crippen molar-refractivity contribution in [2.45, 2.75) is 124 Å². The van der Waals surface area contributed by atoms with Crippen molar-refractivity contribution >= 4 is 0 Å². The number of hydrogen-bond donors (Lipinski definition) is 1. The van der Waals surface area contributed by atoms with Gasteiger partial charge in [-0.15, -0.1) is 0 Å². The van der Waals surface area contributed by atoms with Crippen LogP contribution in [-0.2, 0) is 6.54 Å². The molecule has 1 heteroatoms. The summed E-state index contributed by atoms with van der Waals surface area (Å²) in [6, 6.07) is 10.9. The summed E-state index contributed by atoms with van der Waals surface area (Å²) in [6.07, 6.45) is 20.1. The molecular weight excluding hydrogens is 338 g/mol. The average molecular weight is 386 g/mol. The molecule has 160 valence electrons. The van der Waals surface area contributed by atoms with Gasteiger partial charge in [-0.05, 0) is 44.1 Å². The van der Waals surface area contributed by atoms with Crippen LogP contribution in [0.4, 0.5) is 0 Å². The molecular formula is C27H47N. The Labute approximate surface area is 176 Å². The van der Waals surface area contributed by atoms with E-state index in [1.807, 2.05) is 0 Å². The number of unbranched alkanes of at least 4 members (excludes halogenated alkanes) is 9. The molecule has 0 amide bonds. The Morgan fingerprint density at radius 1 is 0.607 bits per heavy atom. The molecule has 1 aromatic rings. The number of nitrogens with one attached hydrogen (secondary N) is 1. The minimum atomic E-state index is 0.970. The fourth-order valence-corrected chi connectivity index (χ4v) is 3.88. The summed E-state index contributed by atoms with van der Waals surface area (Å²) < 4.78 is 0. The molecule has 0 aromatic heterocycles. The monoisotopic (exact) mass is 385 g/mol. The van der Waals surface area contributed by atoms with Gasteiger partial charge >= 0.3 is 0 Å². The van der Waals surface area contributed by atoms with Crippen LogP contribution in [0.15, 0.2) is 41.6 Å². The fourth-order valence-electron chi connectivity index (χ4n) is 3.88. The molecule has 0 aliphatic heterocycles. The van der Waals surface area contributed by atoms with E-state index in [0.29, 0.717) is 0 Å². The third-order valence-electron chi connectivity index (χ3n) is 5.72. The molecule has 0 atom stereocenters. The van der Waals surface area contributed by atoms with Crippen LogP contribution < -0.4 is 5.32 Å². The Morgan fingerprint density at radius 2 is 1.11 bits per heavy atom. The molecule has 0 saturated heterocycles. The lowest BCUT2D eigenvalue weighted by Gasteiger charge is -2.19. The van der Waals surface area contributed by atoms with Gasteiger partial charge < -0.3 is 5.32 Å². The summed E-state index contributed by atoms with van der Waals surface area (Å²) in [5.74, 6) is 0. The van der Waals surface area contributed by atoms with E-state index in [0.717, 1.165) is 6.54 Å². The maximum Gasteiger partial charge on any atom is 0.0397 e. The first-order valence-corrected chi connectivity index (χ1v) is 12.3. The summed E-state index contributed by atoms with van der Waals surface area (Å²) >= 11 is 0. The van der Waals surface area contributed by atoms with Gasteiger partial charge in [0.05, 0.1) is 0 Å². The van der Waals surface area contributed by atoms with Gasteiger partial charge in [0.1, 0.15) is 0 Å². The first-order chi connectivity index (χ1) is 13.8. The van der Waals surface area contributed by atoms with E-state index in [1.54, 1.807) is 11.3 Å². The van der Waals surface area contributed by atoms with Crippen molar-refractivity contribution in [2.24, 2.45) is 0 Å². The van der Waals surface area contributed by atoms with E-state index >= 15 is 0 Å². The zero-order chi connectivity index (χ0) is 20.3. The van der Waals surface area contributed by atoms with Crippen LogP contribution in [0.3, 0.4) is 0 Å². The highest BCUT2D eigenvalue weighted by Crippen LogP contribution is 2.24. The van der Waals surface area contributed by atoms with Crippen molar-refractivity contribution in [3.63, 3.8) is 0 Å². The molecule has 0 aliphatic rings. The Bertz CT molecular complexity index is 474. The minimum Gasteiger partial charge on any atom is -0.384 e. The van der Waals surface area contributed by atoms with Crippen molar-refractivity contribution in [2.75, 3.05) is 0 Å². The van der Waals surface area contributed by atoms with Crippen LogP contribution in [0.5, 0.6) is 0 Å². The van der Waals surface area contributed by atoms with E-state index < -0.39 is 0 Å². The van der Waals surface area contributed by atoms with Gasteiger partial charge in [-0.25, -0.2) is 0 Å². The highest BCUT2D eigenvalue weighted by Gasteiger charge is 2.08. The quantitative estimate of drug-likeness (QED) is 0.249. The minimum absolute atomic E-state index is 0.970. The predicted octanol–water partition coefficient (Wildman–Crippen LogP) is 8.94. The van der Waals surface area contributed by atoms with Crippen LogP contribution in [0, 0.1) is 0 Å². The normalized spacial score (nSPS) is 10.8. The second kappa shape index (κ2) is 17.8. The average Bonchev–Trinajstić information content (AvgIpc) is 2.73. The topological polar surface area (TPSA) is 12.0 Å². The molecule has 0 radical (unpaired) electrons. The molecule has 0 spiro atoms. The first kappa shape index (κ1) is 24.8. The van der Waals surface area contributed by atoms with E-state index in [4.69, 9.17) is 0 Å². The molecule has 0 bridgehead atoms. The number of benzene rings is 1.